The maximum atomic E-state index is 3.47. The quantitative estimate of drug-likeness (QED) is 0.471. The Morgan fingerprint density at radius 1 is 0.522 bits per heavy atom. The van der Waals surface area contributed by atoms with Crippen LogP contribution < -0.4 is 5.32 Å². The first-order chi connectivity index (χ1) is 11.4. The van der Waals surface area contributed by atoms with E-state index in [-0.39, 0.29) is 0 Å². The molecule has 0 saturated heterocycles. The molecule has 0 unspecified atom stereocenters. The van der Waals surface area contributed by atoms with Gasteiger partial charge in [-0.25, -0.2) is 0 Å². The molecule has 0 amide bonds. The SMILES string of the molecule is c1ccc(Nc2ccc3cccc(-c4ccccc4)c3c2)cc1. The first-order valence-electron chi connectivity index (χ1n) is 7.80. The first kappa shape index (κ1) is 13.6. The molecule has 23 heavy (non-hydrogen) atoms. The Morgan fingerprint density at radius 2 is 1.26 bits per heavy atom. The summed E-state index contributed by atoms with van der Waals surface area (Å²) in [4.78, 5) is 0. The second-order valence-electron chi connectivity index (χ2n) is 5.60. The third-order valence-corrected chi connectivity index (χ3v) is 4.03. The van der Waals surface area contributed by atoms with Crippen LogP contribution in [-0.4, -0.2) is 0 Å². The van der Waals surface area contributed by atoms with E-state index >= 15 is 0 Å². The zero-order valence-corrected chi connectivity index (χ0v) is 12.7. The van der Waals surface area contributed by atoms with Crippen LogP contribution in [-0.2, 0) is 0 Å². The molecule has 0 aliphatic carbocycles. The molecule has 4 aromatic carbocycles. The van der Waals surface area contributed by atoms with Crippen LogP contribution in [0.2, 0.25) is 0 Å². The summed E-state index contributed by atoms with van der Waals surface area (Å²) in [6.07, 6.45) is 0. The minimum Gasteiger partial charge on any atom is -0.356 e. The van der Waals surface area contributed by atoms with E-state index in [9.17, 15) is 0 Å². The van der Waals surface area contributed by atoms with E-state index in [0.717, 1.165) is 11.4 Å². The average molecular weight is 295 g/mol. The topological polar surface area (TPSA) is 12.0 Å². The minimum atomic E-state index is 1.10. The van der Waals surface area contributed by atoms with Gasteiger partial charge in [0.05, 0.1) is 0 Å². The molecule has 0 aromatic heterocycles. The Labute approximate surface area is 136 Å². The Bertz CT molecular complexity index is 928. The van der Waals surface area contributed by atoms with Gasteiger partial charge in [-0.15, -0.1) is 0 Å². The molecule has 4 aromatic rings. The van der Waals surface area contributed by atoms with E-state index in [1.54, 1.807) is 0 Å². The highest BCUT2D eigenvalue weighted by atomic mass is 14.9. The van der Waals surface area contributed by atoms with Crippen molar-refractivity contribution in [3.8, 4) is 11.1 Å². The second kappa shape index (κ2) is 5.98. The molecule has 1 N–H and O–H groups in total. The number of fused-ring (bicyclic) bond motifs is 1. The van der Waals surface area contributed by atoms with E-state index in [4.69, 9.17) is 0 Å². The maximum absolute atomic E-state index is 3.47. The van der Waals surface area contributed by atoms with Crippen LogP contribution in [0.25, 0.3) is 21.9 Å². The van der Waals surface area contributed by atoms with E-state index in [0.29, 0.717) is 0 Å². The molecule has 1 heteroatoms. The van der Waals surface area contributed by atoms with Gasteiger partial charge in [0.15, 0.2) is 0 Å². The predicted molar refractivity (Wildman–Crippen MR) is 99.1 cm³/mol. The highest BCUT2D eigenvalue weighted by Gasteiger charge is 2.04. The fraction of sp³-hybridized carbons (Fsp3) is 0. The average Bonchev–Trinajstić information content (AvgIpc) is 2.63. The highest BCUT2D eigenvalue weighted by molar-refractivity contribution is 5.98. The van der Waals surface area contributed by atoms with Crippen LogP contribution >= 0.6 is 0 Å². The summed E-state index contributed by atoms with van der Waals surface area (Å²) in [5.74, 6) is 0. The van der Waals surface area contributed by atoms with Gasteiger partial charge in [-0.1, -0.05) is 72.8 Å². The van der Waals surface area contributed by atoms with Crippen molar-refractivity contribution in [3.05, 3.63) is 97.1 Å². The summed E-state index contributed by atoms with van der Waals surface area (Å²) in [6.45, 7) is 0. The number of anilines is 2. The van der Waals surface area contributed by atoms with Crippen molar-refractivity contribution in [2.45, 2.75) is 0 Å². The van der Waals surface area contributed by atoms with Crippen LogP contribution in [0.5, 0.6) is 0 Å². The maximum Gasteiger partial charge on any atom is 0.0390 e. The Hall–Kier alpha value is -3.06. The van der Waals surface area contributed by atoms with E-state index < -0.39 is 0 Å². The molecule has 0 heterocycles. The van der Waals surface area contributed by atoms with Crippen LogP contribution in [0, 0.1) is 0 Å². The third kappa shape index (κ3) is 2.82. The van der Waals surface area contributed by atoms with E-state index in [1.165, 1.54) is 21.9 Å². The van der Waals surface area contributed by atoms with Crippen molar-refractivity contribution in [1.82, 2.24) is 0 Å². The van der Waals surface area contributed by atoms with Crippen LogP contribution in [0.3, 0.4) is 0 Å². The predicted octanol–water partition coefficient (Wildman–Crippen LogP) is 6.25. The Morgan fingerprint density at radius 3 is 2.04 bits per heavy atom. The molecular formula is C22H17N. The van der Waals surface area contributed by atoms with Crippen molar-refractivity contribution in [2.24, 2.45) is 0 Å². The van der Waals surface area contributed by atoms with Gasteiger partial charge in [0.2, 0.25) is 0 Å². The van der Waals surface area contributed by atoms with Gasteiger partial charge in [-0.2, -0.15) is 0 Å². The van der Waals surface area contributed by atoms with Crippen molar-refractivity contribution >= 4 is 22.1 Å². The van der Waals surface area contributed by atoms with E-state index in [2.05, 4.69) is 84.2 Å². The van der Waals surface area contributed by atoms with Crippen LogP contribution in [0.4, 0.5) is 11.4 Å². The Balaban J connectivity index is 1.81. The van der Waals surface area contributed by atoms with Crippen LogP contribution in [0.1, 0.15) is 0 Å². The number of para-hydroxylation sites is 1. The normalized spacial score (nSPS) is 10.6. The molecule has 0 fully saturated rings. The minimum absolute atomic E-state index is 1.10. The molecule has 0 aliphatic heterocycles. The number of hydrogen-bond acceptors (Lipinski definition) is 1. The van der Waals surface area contributed by atoms with Gasteiger partial charge < -0.3 is 5.32 Å². The number of nitrogens with one attached hydrogen (secondary N) is 1. The molecule has 0 atom stereocenters. The summed E-state index contributed by atoms with van der Waals surface area (Å²) in [5.41, 5.74) is 4.71. The summed E-state index contributed by atoms with van der Waals surface area (Å²) < 4.78 is 0. The molecule has 4 rings (SSSR count). The zero-order valence-electron chi connectivity index (χ0n) is 12.7. The summed E-state index contributed by atoms with van der Waals surface area (Å²) in [7, 11) is 0. The largest absolute Gasteiger partial charge is 0.356 e. The number of rotatable bonds is 3. The highest BCUT2D eigenvalue weighted by Crippen LogP contribution is 2.31. The summed E-state index contributed by atoms with van der Waals surface area (Å²) >= 11 is 0. The number of benzene rings is 4. The molecular weight excluding hydrogens is 278 g/mol. The molecule has 0 aliphatic rings. The van der Waals surface area contributed by atoms with Gasteiger partial charge in [0.1, 0.15) is 0 Å². The van der Waals surface area contributed by atoms with Crippen molar-refractivity contribution in [2.75, 3.05) is 5.32 Å². The molecule has 0 saturated carbocycles. The molecule has 110 valence electrons. The number of hydrogen-bond donors (Lipinski definition) is 1. The standard InChI is InChI=1S/C22H17N/c1-3-8-17(9-4-1)21-13-7-10-18-14-15-20(16-22(18)21)23-19-11-5-2-6-12-19/h1-16,23H. The monoisotopic (exact) mass is 295 g/mol. The summed E-state index contributed by atoms with van der Waals surface area (Å²) in [5, 5.41) is 5.99. The van der Waals surface area contributed by atoms with Gasteiger partial charge in [-0.3, -0.25) is 0 Å². The van der Waals surface area contributed by atoms with Gasteiger partial charge in [0, 0.05) is 11.4 Å². The molecule has 0 spiro atoms. The fourth-order valence-electron chi connectivity index (χ4n) is 2.91. The lowest BCUT2D eigenvalue weighted by atomic mass is 9.98. The third-order valence-electron chi connectivity index (χ3n) is 4.03. The zero-order chi connectivity index (χ0) is 15.5. The van der Waals surface area contributed by atoms with Gasteiger partial charge in [-0.05, 0) is 46.2 Å². The Kier molecular flexibility index (Phi) is 3.53. The molecule has 0 radical (unpaired) electrons. The smallest absolute Gasteiger partial charge is 0.0390 e. The second-order valence-corrected chi connectivity index (χ2v) is 5.60. The first-order valence-corrected chi connectivity index (χ1v) is 7.80. The molecule has 1 nitrogen and oxygen atoms in total. The van der Waals surface area contributed by atoms with Crippen LogP contribution in [0.15, 0.2) is 97.1 Å². The van der Waals surface area contributed by atoms with E-state index in [1.807, 2.05) is 18.2 Å². The lowest BCUT2D eigenvalue weighted by Gasteiger charge is -2.11. The lowest BCUT2D eigenvalue weighted by molar-refractivity contribution is 1.56. The fourth-order valence-corrected chi connectivity index (χ4v) is 2.91. The van der Waals surface area contributed by atoms with Crippen molar-refractivity contribution < 1.29 is 0 Å². The summed E-state index contributed by atoms with van der Waals surface area (Å²) in [6, 6.07) is 33.8. The molecule has 0 bridgehead atoms. The lowest BCUT2D eigenvalue weighted by Crippen LogP contribution is -1.90. The van der Waals surface area contributed by atoms with Crippen molar-refractivity contribution in [3.63, 3.8) is 0 Å². The van der Waals surface area contributed by atoms with Crippen molar-refractivity contribution in [1.29, 1.82) is 0 Å². The van der Waals surface area contributed by atoms with Gasteiger partial charge in [0.25, 0.3) is 0 Å². The van der Waals surface area contributed by atoms with Gasteiger partial charge >= 0.3 is 0 Å².